The van der Waals surface area contributed by atoms with E-state index in [2.05, 4.69) is 17.6 Å². The molecule has 16 heavy (non-hydrogen) atoms. The number of nitrogens with one attached hydrogen (secondary N) is 2. The van der Waals surface area contributed by atoms with Gasteiger partial charge < -0.3 is 10.6 Å². The van der Waals surface area contributed by atoms with Crippen LogP contribution in [0.3, 0.4) is 0 Å². The third-order valence-electron chi connectivity index (χ3n) is 2.79. The molecule has 0 radical (unpaired) electrons. The Labute approximate surface area is 100 Å². The van der Waals surface area contributed by atoms with E-state index in [1.165, 1.54) is 0 Å². The zero-order valence-corrected chi connectivity index (χ0v) is 10.8. The summed E-state index contributed by atoms with van der Waals surface area (Å²) in [6, 6.07) is 0.370. The van der Waals surface area contributed by atoms with E-state index in [1.807, 2.05) is 0 Å². The molecule has 1 heterocycles. The number of hydrogen-bond acceptors (Lipinski definition) is 3. The molecule has 0 aromatic heterocycles. The Morgan fingerprint density at radius 1 is 1.38 bits per heavy atom. The third kappa shape index (κ3) is 5.61. The minimum atomic E-state index is -0.622. The Hall–Kier alpha value is -0.420. The van der Waals surface area contributed by atoms with Crippen molar-refractivity contribution in [2.75, 3.05) is 24.6 Å². The summed E-state index contributed by atoms with van der Waals surface area (Å²) < 4.78 is 11.1. The van der Waals surface area contributed by atoms with E-state index in [9.17, 15) is 9.00 Å². The summed E-state index contributed by atoms with van der Waals surface area (Å²) in [5, 5.41) is 6.09. The molecular weight excluding hydrogens is 224 g/mol. The maximum Gasteiger partial charge on any atom is 0.233 e. The van der Waals surface area contributed by atoms with E-state index in [-0.39, 0.29) is 5.91 Å². The molecular formula is C11H22N2O2S. The van der Waals surface area contributed by atoms with Crippen LogP contribution < -0.4 is 10.6 Å². The van der Waals surface area contributed by atoms with Gasteiger partial charge in [-0.2, -0.15) is 0 Å². The first-order valence-corrected chi connectivity index (χ1v) is 7.56. The number of carbonyl (C=O) groups excluding carboxylic acids is 1. The summed E-state index contributed by atoms with van der Waals surface area (Å²) in [6.07, 6.45) is 3.99. The summed E-state index contributed by atoms with van der Waals surface area (Å²) in [4.78, 5) is 11.4. The molecule has 5 heteroatoms. The molecule has 1 aliphatic rings. The Morgan fingerprint density at radius 3 is 2.69 bits per heavy atom. The monoisotopic (exact) mass is 246 g/mol. The van der Waals surface area contributed by atoms with Crippen molar-refractivity contribution < 1.29 is 9.00 Å². The maximum absolute atomic E-state index is 11.4. The number of unbranched alkanes of at least 4 members (excludes halogenated alkanes) is 1. The van der Waals surface area contributed by atoms with Crippen molar-refractivity contribution in [1.29, 1.82) is 0 Å². The molecule has 1 saturated heterocycles. The van der Waals surface area contributed by atoms with Gasteiger partial charge >= 0.3 is 0 Å². The fourth-order valence-corrected chi connectivity index (χ4v) is 3.00. The van der Waals surface area contributed by atoms with Crippen LogP contribution in [0.2, 0.25) is 0 Å². The summed E-state index contributed by atoms with van der Waals surface area (Å²) in [6.45, 7) is 3.26. The van der Waals surface area contributed by atoms with Crippen molar-refractivity contribution in [2.24, 2.45) is 0 Å². The molecule has 0 unspecified atom stereocenters. The van der Waals surface area contributed by atoms with Gasteiger partial charge in [-0.05, 0) is 19.3 Å². The largest absolute Gasteiger partial charge is 0.355 e. The quantitative estimate of drug-likeness (QED) is 0.667. The molecule has 0 aromatic carbocycles. The van der Waals surface area contributed by atoms with E-state index in [4.69, 9.17) is 0 Å². The Morgan fingerprint density at radius 2 is 2.06 bits per heavy atom. The summed E-state index contributed by atoms with van der Waals surface area (Å²) >= 11 is 0. The van der Waals surface area contributed by atoms with Crippen molar-refractivity contribution in [3.63, 3.8) is 0 Å². The van der Waals surface area contributed by atoms with Crippen LogP contribution >= 0.6 is 0 Å². The topological polar surface area (TPSA) is 58.2 Å². The highest BCUT2D eigenvalue weighted by atomic mass is 32.2. The van der Waals surface area contributed by atoms with E-state index < -0.39 is 10.8 Å². The lowest BCUT2D eigenvalue weighted by Crippen LogP contribution is -2.42. The zero-order valence-electron chi connectivity index (χ0n) is 9.96. The fraction of sp³-hybridized carbons (Fsp3) is 0.909. The third-order valence-corrected chi connectivity index (χ3v) is 4.17. The first kappa shape index (κ1) is 13.6. The molecule has 0 saturated carbocycles. The molecule has 1 fully saturated rings. The first-order chi connectivity index (χ1) is 7.72. The van der Waals surface area contributed by atoms with Crippen LogP contribution in [0.4, 0.5) is 0 Å². The van der Waals surface area contributed by atoms with Crippen LogP contribution in [-0.2, 0) is 15.6 Å². The molecule has 0 atom stereocenters. The van der Waals surface area contributed by atoms with Crippen molar-refractivity contribution >= 4 is 16.7 Å². The summed E-state index contributed by atoms with van der Waals surface area (Å²) in [5.74, 6) is 1.62. The molecule has 0 aromatic rings. The molecule has 0 spiro atoms. The predicted molar refractivity (Wildman–Crippen MR) is 66.8 cm³/mol. The second-order valence-electron chi connectivity index (χ2n) is 4.21. The minimum absolute atomic E-state index is 0.0696. The van der Waals surface area contributed by atoms with Crippen molar-refractivity contribution in [2.45, 2.75) is 38.6 Å². The standard InChI is InChI=1S/C11H22N2O2S/c1-2-3-6-12-11(14)9-13-10-4-7-16(15)8-5-10/h10,13H,2-9H2,1H3,(H,12,14). The average Bonchev–Trinajstić information content (AvgIpc) is 2.29. The van der Waals surface area contributed by atoms with E-state index in [1.54, 1.807) is 0 Å². The van der Waals surface area contributed by atoms with E-state index >= 15 is 0 Å². The summed E-state index contributed by atoms with van der Waals surface area (Å²) in [7, 11) is -0.622. The van der Waals surface area contributed by atoms with Gasteiger partial charge in [0.25, 0.3) is 0 Å². The van der Waals surface area contributed by atoms with Gasteiger partial charge in [0, 0.05) is 34.9 Å². The Kier molecular flexibility index (Phi) is 6.64. The van der Waals surface area contributed by atoms with Crippen molar-refractivity contribution in [1.82, 2.24) is 10.6 Å². The summed E-state index contributed by atoms with van der Waals surface area (Å²) in [5.41, 5.74) is 0. The predicted octanol–water partition coefficient (Wildman–Crippen LogP) is 0.403. The molecule has 4 nitrogen and oxygen atoms in total. The van der Waals surface area contributed by atoms with Gasteiger partial charge in [0.2, 0.25) is 5.91 Å². The van der Waals surface area contributed by atoms with Gasteiger partial charge in [0.1, 0.15) is 0 Å². The van der Waals surface area contributed by atoms with E-state index in [0.717, 1.165) is 43.7 Å². The van der Waals surface area contributed by atoms with Gasteiger partial charge in [-0.25, -0.2) is 0 Å². The Balaban J connectivity index is 2.05. The highest BCUT2D eigenvalue weighted by Gasteiger charge is 2.17. The SMILES string of the molecule is CCCCNC(=O)CNC1CCS(=O)CC1. The molecule has 94 valence electrons. The van der Waals surface area contributed by atoms with Crippen LogP contribution in [-0.4, -0.2) is 40.8 Å². The molecule has 0 aliphatic carbocycles. The number of carbonyl (C=O) groups is 1. The van der Waals surface area contributed by atoms with Gasteiger partial charge in [-0.15, -0.1) is 0 Å². The average molecular weight is 246 g/mol. The molecule has 1 rings (SSSR count). The fourth-order valence-electron chi connectivity index (χ4n) is 1.70. The number of rotatable bonds is 6. The van der Waals surface area contributed by atoms with Crippen molar-refractivity contribution in [3.8, 4) is 0 Å². The zero-order chi connectivity index (χ0) is 11.8. The van der Waals surface area contributed by atoms with E-state index in [0.29, 0.717) is 12.6 Å². The van der Waals surface area contributed by atoms with Crippen LogP contribution in [0.5, 0.6) is 0 Å². The molecule has 1 amide bonds. The van der Waals surface area contributed by atoms with Gasteiger partial charge in [0.05, 0.1) is 6.54 Å². The second kappa shape index (κ2) is 7.79. The van der Waals surface area contributed by atoms with Crippen LogP contribution in [0.25, 0.3) is 0 Å². The van der Waals surface area contributed by atoms with Gasteiger partial charge in [-0.1, -0.05) is 13.3 Å². The van der Waals surface area contributed by atoms with Crippen LogP contribution in [0.1, 0.15) is 32.6 Å². The molecule has 1 aliphatic heterocycles. The minimum Gasteiger partial charge on any atom is -0.355 e. The highest BCUT2D eigenvalue weighted by Crippen LogP contribution is 2.08. The lowest BCUT2D eigenvalue weighted by molar-refractivity contribution is -0.120. The lowest BCUT2D eigenvalue weighted by atomic mass is 10.1. The smallest absolute Gasteiger partial charge is 0.233 e. The lowest BCUT2D eigenvalue weighted by Gasteiger charge is -2.22. The normalized spacial score (nSPS) is 25.3. The second-order valence-corrected chi connectivity index (χ2v) is 5.90. The van der Waals surface area contributed by atoms with Crippen LogP contribution in [0.15, 0.2) is 0 Å². The maximum atomic E-state index is 11.4. The van der Waals surface area contributed by atoms with Crippen LogP contribution in [0, 0.1) is 0 Å². The Bertz CT molecular complexity index is 236. The highest BCUT2D eigenvalue weighted by molar-refractivity contribution is 7.85. The van der Waals surface area contributed by atoms with Gasteiger partial charge in [0.15, 0.2) is 0 Å². The first-order valence-electron chi connectivity index (χ1n) is 6.07. The number of hydrogen-bond donors (Lipinski definition) is 2. The molecule has 2 N–H and O–H groups in total. The van der Waals surface area contributed by atoms with Crippen molar-refractivity contribution in [3.05, 3.63) is 0 Å². The molecule has 0 bridgehead atoms. The van der Waals surface area contributed by atoms with Gasteiger partial charge in [-0.3, -0.25) is 9.00 Å². The number of amides is 1.